The third-order valence-corrected chi connectivity index (χ3v) is 5.24. The normalized spacial score (nSPS) is 15.7. The molecule has 1 saturated heterocycles. The molecule has 158 valence electrons. The van der Waals surface area contributed by atoms with Gasteiger partial charge >= 0.3 is 0 Å². The van der Waals surface area contributed by atoms with Crippen LogP contribution in [0.15, 0.2) is 42.5 Å². The number of piperazine rings is 1. The van der Waals surface area contributed by atoms with Gasteiger partial charge in [0.05, 0.1) is 47.5 Å². The molecule has 1 fully saturated rings. The molecule has 0 aliphatic carbocycles. The van der Waals surface area contributed by atoms with Crippen LogP contribution in [0.2, 0.25) is 0 Å². The van der Waals surface area contributed by atoms with Gasteiger partial charge in [-0.1, -0.05) is 6.07 Å². The second kappa shape index (κ2) is 10.2. The van der Waals surface area contributed by atoms with E-state index in [1.165, 1.54) is 10.6 Å². The molecule has 2 aromatic carbocycles. The number of quaternary nitrogens is 1. The van der Waals surface area contributed by atoms with E-state index in [1.807, 2.05) is 30.3 Å². The van der Waals surface area contributed by atoms with Crippen molar-refractivity contribution in [3.8, 4) is 23.0 Å². The monoisotopic (exact) mass is 403 g/mol. The van der Waals surface area contributed by atoms with E-state index in [0.717, 1.165) is 31.9 Å². The number of aliphatic hydroxyl groups is 1. The number of aliphatic hydroxyl groups excluding tert-OH is 1. The summed E-state index contributed by atoms with van der Waals surface area (Å²) in [4.78, 5) is 3.74. The summed E-state index contributed by atoms with van der Waals surface area (Å²) in [5.74, 6) is 2.58. The lowest BCUT2D eigenvalue weighted by Gasteiger charge is -2.34. The molecule has 2 N–H and O–H groups in total. The number of rotatable bonds is 9. The van der Waals surface area contributed by atoms with E-state index in [9.17, 15) is 5.11 Å². The second-order valence-corrected chi connectivity index (χ2v) is 7.10. The quantitative estimate of drug-likeness (QED) is 0.648. The molecule has 0 aromatic heterocycles. The standard InChI is InChI=1S/C22H30N2O5/c1-26-19-9-7-17(8-10-19)24-13-11-23(12-14-24)15-18(25)16-29-22-20(27-2)5-4-6-21(22)28-3/h4-10,18,25H,11-16H2,1-3H3/p+1/t18-/m0/s1. The van der Waals surface area contributed by atoms with Gasteiger partial charge in [0.2, 0.25) is 5.75 Å². The minimum absolute atomic E-state index is 0.197. The van der Waals surface area contributed by atoms with Crippen LogP contribution in [0.4, 0.5) is 5.69 Å². The first-order valence-electron chi connectivity index (χ1n) is 9.89. The van der Waals surface area contributed by atoms with Crippen molar-refractivity contribution >= 4 is 5.69 Å². The predicted molar refractivity (Wildman–Crippen MR) is 112 cm³/mol. The van der Waals surface area contributed by atoms with E-state index in [-0.39, 0.29) is 6.61 Å². The molecule has 2 aromatic rings. The number of nitrogens with one attached hydrogen (secondary N) is 1. The number of nitrogens with zero attached hydrogens (tertiary/aromatic N) is 1. The Morgan fingerprint density at radius 3 is 2.10 bits per heavy atom. The molecule has 1 aliphatic rings. The Balaban J connectivity index is 1.47. The number of ether oxygens (including phenoxy) is 4. The van der Waals surface area contributed by atoms with Crippen molar-refractivity contribution < 1.29 is 29.0 Å². The van der Waals surface area contributed by atoms with E-state index in [0.29, 0.717) is 23.8 Å². The van der Waals surface area contributed by atoms with Crippen molar-refractivity contribution in [2.45, 2.75) is 6.10 Å². The number of methoxy groups -OCH3 is 3. The first kappa shape index (κ1) is 21.1. The van der Waals surface area contributed by atoms with Gasteiger partial charge in [0.15, 0.2) is 11.5 Å². The Morgan fingerprint density at radius 2 is 1.55 bits per heavy atom. The minimum atomic E-state index is -0.563. The van der Waals surface area contributed by atoms with Crippen molar-refractivity contribution in [3.05, 3.63) is 42.5 Å². The second-order valence-electron chi connectivity index (χ2n) is 7.10. The largest absolute Gasteiger partial charge is 0.497 e. The molecule has 3 rings (SSSR count). The van der Waals surface area contributed by atoms with Gasteiger partial charge in [-0.25, -0.2) is 0 Å². The zero-order valence-corrected chi connectivity index (χ0v) is 17.4. The smallest absolute Gasteiger partial charge is 0.203 e. The lowest BCUT2D eigenvalue weighted by Crippen LogP contribution is -3.16. The summed E-state index contributed by atoms with van der Waals surface area (Å²) in [5, 5.41) is 10.5. The van der Waals surface area contributed by atoms with Gasteiger partial charge in [0.25, 0.3) is 0 Å². The van der Waals surface area contributed by atoms with Crippen molar-refractivity contribution in [3.63, 3.8) is 0 Å². The van der Waals surface area contributed by atoms with E-state index in [2.05, 4.69) is 17.0 Å². The zero-order valence-electron chi connectivity index (χ0n) is 17.4. The molecule has 7 heteroatoms. The highest BCUT2D eigenvalue weighted by Crippen LogP contribution is 2.36. The fourth-order valence-electron chi connectivity index (χ4n) is 3.61. The first-order chi connectivity index (χ1) is 14.1. The van der Waals surface area contributed by atoms with Crippen LogP contribution in [-0.4, -0.2) is 71.9 Å². The van der Waals surface area contributed by atoms with Crippen LogP contribution in [-0.2, 0) is 0 Å². The van der Waals surface area contributed by atoms with E-state index in [1.54, 1.807) is 21.3 Å². The Morgan fingerprint density at radius 1 is 0.931 bits per heavy atom. The molecule has 29 heavy (non-hydrogen) atoms. The maximum Gasteiger partial charge on any atom is 0.203 e. The van der Waals surface area contributed by atoms with Gasteiger partial charge in [-0.05, 0) is 36.4 Å². The van der Waals surface area contributed by atoms with Gasteiger partial charge in [-0.2, -0.15) is 0 Å². The summed E-state index contributed by atoms with van der Waals surface area (Å²) >= 11 is 0. The van der Waals surface area contributed by atoms with Crippen LogP contribution >= 0.6 is 0 Å². The van der Waals surface area contributed by atoms with Crippen LogP contribution < -0.4 is 28.7 Å². The highest BCUT2D eigenvalue weighted by atomic mass is 16.5. The van der Waals surface area contributed by atoms with E-state index < -0.39 is 6.10 Å². The zero-order chi connectivity index (χ0) is 20.6. The van der Waals surface area contributed by atoms with E-state index in [4.69, 9.17) is 18.9 Å². The van der Waals surface area contributed by atoms with Crippen molar-refractivity contribution in [2.75, 3.05) is 65.6 Å². The van der Waals surface area contributed by atoms with Gasteiger partial charge in [-0.15, -0.1) is 0 Å². The number of anilines is 1. The van der Waals surface area contributed by atoms with Crippen LogP contribution in [0.5, 0.6) is 23.0 Å². The fraction of sp³-hybridized carbons (Fsp3) is 0.455. The third kappa shape index (κ3) is 5.46. The summed E-state index contributed by atoms with van der Waals surface area (Å²) < 4.78 is 21.7. The average Bonchev–Trinajstić information content (AvgIpc) is 2.78. The Kier molecular flexibility index (Phi) is 7.43. The Labute approximate surface area is 172 Å². The van der Waals surface area contributed by atoms with Crippen LogP contribution in [0, 0.1) is 0 Å². The minimum Gasteiger partial charge on any atom is -0.497 e. The summed E-state index contributed by atoms with van der Waals surface area (Å²) in [7, 11) is 4.85. The molecule has 0 spiro atoms. The summed E-state index contributed by atoms with van der Waals surface area (Å²) in [5.41, 5.74) is 1.21. The first-order valence-corrected chi connectivity index (χ1v) is 9.89. The highest BCUT2D eigenvalue weighted by molar-refractivity contribution is 5.51. The average molecular weight is 403 g/mol. The number of hydrogen-bond donors (Lipinski definition) is 2. The van der Waals surface area contributed by atoms with Gasteiger partial charge < -0.3 is 33.9 Å². The Hall–Kier alpha value is -2.64. The third-order valence-electron chi connectivity index (χ3n) is 5.24. The molecular formula is C22H31N2O5+. The van der Waals surface area contributed by atoms with Crippen LogP contribution in [0.1, 0.15) is 0 Å². The molecule has 0 bridgehead atoms. The topological polar surface area (TPSA) is 64.8 Å². The number of hydrogen-bond acceptors (Lipinski definition) is 6. The highest BCUT2D eigenvalue weighted by Gasteiger charge is 2.23. The number of benzene rings is 2. The molecule has 0 unspecified atom stereocenters. The molecule has 1 atom stereocenters. The lowest BCUT2D eigenvalue weighted by molar-refractivity contribution is -0.903. The number of para-hydroxylation sites is 1. The molecule has 0 amide bonds. The van der Waals surface area contributed by atoms with Crippen LogP contribution in [0.3, 0.4) is 0 Å². The summed E-state index contributed by atoms with van der Waals surface area (Å²) in [6, 6.07) is 13.6. The van der Waals surface area contributed by atoms with Gasteiger partial charge in [0.1, 0.15) is 25.0 Å². The van der Waals surface area contributed by atoms with Crippen molar-refractivity contribution in [1.29, 1.82) is 0 Å². The van der Waals surface area contributed by atoms with Crippen molar-refractivity contribution in [2.24, 2.45) is 0 Å². The maximum atomic E-state index is 10.5. The van der Waals surface area contributed by atoms with Gasteiger partial charge in [-0.3, -0.25) is 0 Å². The molecular weight excluding hydrogens is 372 g/mol. The lowest BCUT2D eigenvalue weighted by atomic mass is 10.2. The predicted octanol–water partition coefficient (Wildman–Crippen LogP) is 0.857. The van der Waals surface area contributed by atoms with Crippen molar-refractivity contribution in [1.82, 2.24) is 0 Å². The van der Waals surface area contributed by atoms with Crippen LogP contribution in [0.25, 0.3) is 0 Å². The summed E-state index contributed by atoms with van der Waals surface area (Å²) in [6.07, 6.45) is -0.563. The van der Waals surface area contributed by atoms with Gasteiger partial charge in [0, 0.05) is 5.69 Å². The molecule has 0 saturated carbocycles. The molecule has 7 nitrogen and oxygen atoms in total. The van der Waals surface area contributed by atoms with E-state index >= 15 is 0 Å². The molecule has 1 heterocycles. The molecule has 1 aliphatic heterocycles. The Bertz CT molecular complexity index is 738. The fourth-order valence-corrected chi connectivity index (χ4v) is 3.61. The molecule has 0 radical (unpaired) electrons. The maximum absolute atomic E-state index is 10.5. The SMILES string of the molecule is COc1ccc(N2CC[NH+](C[C@H](O)COc3c(OC)cccc3OC)CC2)cc1. The summed E-state index contributed by atoms with van der Waals surface area (Å²) in [6.45, 7) is 4.70.